The molecule has 20 heavy (non-hydrogen) atoms. The Morgan fingerprint density at radius 3 is 2.30 bits per heavy atom. The Kier molecular flexibility index (Phi) is 5.40. The molecule has 6 heteroatoms. The molecule has 0 spiro atoms. The van der Waals surface area contributed by atoms with E-state index in [1.54, 1.807) is 13.1 Å². The fraction of sp³-hybridized carbons (Fsp3) is 0.500. The summed E-state index contributed by atoms with van der Waals surface area (Å²) in [5.74, 6) is 0. The predicted molar refractivity (Wildman–Crippen MR) is 72.6 cm³/mol. The first-order valence-corrected chi connectivity index (χ1v) is 6.23. The fourth-order valence-electron chi connectivity index (χ4n) is 1.86. The zero-order valence-corrected chi connectivity index (χ0v) is 11.8. The molecule has 110 valence electrons. The molecule has 3 nitrogen and oxygen atoms in total. The molecule has 0 N–H and O–H groups in total. The number of hydrogen-bond donors (Lipinski definition) is 0. The van der Waals surface area contributed by atoms with Gasteiger partial charge in [0.05, 0.1) is 17.2 Å². The Hall–Kier alpha value is -1.74. The average Bonchev–Trinajstić information content (AvgIpc) is 2.36. The number of hydrogen-bond acceptors (Lipinski definition) is 3. The minimum absolute atomic E-state index is 0.338. The molecule has 0 heterocycles. The average molecular weight is 285 g/mol. The van der Waals surface area contributed by atoms with Crippen LogP contribution < -0.4 is 4.90 Å². The topological polar surface area (TPSA) is 30.3 Å². The lowest BCUT2D eigenvalue weighted by atomic mass is 10.1. The second kappa shape index (κ2) is 6.62. The van der Waals surface area contributed by atoms with Crippen molar-refractivity contribution in [2.45, 2.75) is 12.6 Å². The first kappa shape index (κ1) is 16.3. The molecule has 1 rings (SSSR count). The van der Waals surface area contributed by atoms with Gasteiger partial charge in [-0.05, 0) is 45.3 Å². The van der Waals surface area contributed by atoms with Gasteiger partial charge in [-0.1, -0.05) is 0 Å². The SMILES string of the molecule is CN(C)CCCN(C)c1ccc(C(F)(F)F)c(C#N)c1. The van der Waals surface area contributed by atoms with E-state index in [2.05, 4.69) is 0 Å². The summed E-state index contributed by atoms with van der Waals surface area (Å²) in [7, 11) is 5.73. The molecule has 0 aliphatic heterocycles. The first-order valence-electron chi connectivity index (χ1n) is 6.23. The van der Waals surface area contributed by atoms with E-state index in [0.29, 0.717) is 12.2 Å². The van der Waals surface area contributed by atoms with E-state index in [1.807, 2.05) is 23.9 Å². The highest BCUT2D eigenvalue weighted by Crippen LogP contribution is 2.33. The van der Waals surface area contributed by atoms with Crippen LogP contribution in [-0.2, 0) is 6.18 Å². The van der Waals surface area contributed by atoms with E-state index in [9.17, 15) is 13.2 Å². The summed E-state index contributed by atoms with van der Waals surface area (Å²) in [5.41, 5.74) is -0.604. The Balaban J connectivity index is 2.85. The minimum Gasteiger partial charge on any atom is -0.375 e. The van der Waals surface area contributed by atoms with Gasteiger partial charge in [-0.25, -0.2) is 0 Å². The molecule has 0 fully saturated rings. The van der Waals surface area contributed by atoms with Crippen molar-refractivity contribution in [2.75, 3.05) is 39.1 Å². The van der Waals surface area contributed by atoms with Crippen LogP contribution in [0, 0.1) is 11.3 Å². The van der Waals surface area contributed by atoms with Crippen molar-refractivity contribution in [1.82, 2.24) is 4.90 Å². The number of nitrogens with zero attached hydrogens (tertiary/aromatic N) is 3. The van der Waals surface area contributed by atoms with Crippen LogP contribution in [0.15, 0.2) is 18.2 Å². The molecule has 0 amide bonds. The second-order valence-electron chi connectivity index (χ2n) is 4.92. The van der Waals surface area contributed by atoms with Gasteiger partial charge in [-0.2, -0.15) is 18.4 Å². The van der Waals surface area contributed by atoms with Crippen molar-refractivity contribution in [1.29, 1.82) is 5.26 Å². The zero-order chi connectivity index (χ0) is 15.3. The lowest BCUT2D eigenvalue weighted by Crippen LogP contribution is -2.23. The molecule has 1 aromatic rings. The number of halogens is 3. The van der Waals surface area contributed by atoms with Gasteiger partial charge in [-0.15, -0.1) is 0 Å². The summed E-state index contributed by atoms with van der Waals surface area (Å²) in [4.78, 5) is 3.89. The monoisotopic (exact) mass is 285 g/mol. The van der Waals surface area contributed by atoms with Crippen molar-refractivity contribution in [2.24, 2.45) is 0 Å². The highest BCUT2D eigenvalue weighted by Gasteiger charge is 2.33. The molecule has 0 radical (unpaired) electrons. The summed E-state index contributed by atoms with van der Waals surface area (Å²) >= 11 is 0. The molecule has 0 saturated carbocycles. The van der Waals surface area contributed by atoms with E-state index in [0.717, 1.165) is 19.0 Å². The third kappa shape index (κ3) is 4.42. The molecular weight excluding hydrogens is 267 g/mol. The maximum Gasteiger partial charge on any atom is 0.417 e. The highest BCUT2D eigenvalue weighted by atomic mass is 19.4. The van der Waals surface area contributed by atoms with Crippen LogP contribution in [0.4, 0.5) is 18.9 Å². The Morgan fingerprint density at radius 1 is 1.15 bits per heavy atom. The molecule has 0 aromatic heterocycles. The van der Waals surface area contributed by atoms with E-state index >= 15 is 0 Å². The number of anilines is 1. The van der Waals surface area contributed by atoms with Crippen molar-refractivity contribution < 1.29 is 13.2 Å². The number of rotatable bonds is 5. The lowest BCUT2D eigenvalue weighted by molar-refractivity contribution is -0.137. The van der Waals surface area contributed by atoms with Gasteiger partial charge in [0, 0.05) is 19.3 Å². The van der Waals surface area contributed by atoms with Gasteiger partial charge in [0.25, 0.3) is 0 Å². The van der Waals surface area contributed by atoms with Crippen LogP contribution in [0.3, 0.4) is 0 Å². The number of alkyl halides is 3. The second-order valence-corrected chi connectivity index (χ2v) is 4.92. The quantitative estimate of drug-likeness (QED) is 0.833. The standard InChI is InChI=1S/C14H18F3N3/c1-19(2)7-4-8-20(3)12-5-6-13(14(15,16)17)11(9-12)10-18/h5-6,9H,4,7-8H2,1-3H3. The van der Waals surface area contributed by atoms with E-state index in [4.69, 9.17) is 5.26 Å². The van der Waals surface area contributed by atoms with E-state index < -0.39 is 11.7 Å². The fourth-order valence-corrected chi connectivity index (χ4v) is 1.86. The summed E-state index contributed by atoms with van der Waals surface area (Å²) in [6, 6.07) is 5.28. The minimum atomic E-state index is -4.49. The molecule has 1 aromatic carbocycles. The molecule has 0 saturated heterocycles. The molecule has 0 aliphatic carbocycles. The lowest BCUT2D eigenvalue weighted by Gasteiger charge is -2.21. The van der Waals surface area contributed by atoms with Crippen molar-refractivity contribution in [3.8, 4) is 6.07 Å². The number of benzene rings is 1. The van der Waals surface area contributed by atoms with Gasteiger partial charge in [0.2, 0.25) is 0 Å². The van der Waals surface area contributed by atoms with Crippen LogP contribution in [0.25, 0.3) is 0 Å². The van der Waals surface area contributed by atoms with Crippen LogP contribution >= 0.6 is 0 Å². The van der Waals surface area contributed by atoms with E-state index in [1.165, 1.54) is 12.1 Å². The van der Waals surface area contributed by atoms with Crippen LogP contribution in [0.5, 0.6) is 0 Å². The van der Waals surface area contributed by atoms with Gasteiger partial charge in [0.15, 0.2) is 0 Å². The maximum atomic E-state index is 12.7. The Bertz CT molecular complexity index is 489. The summed E-state index contributed by atoms with van der Waals surface area (Å²) in [5, 5.41) is 8.86. The van der Waals surface area contributed by atoms with E-state index in [-0.39, 0.29) is 5.56 Å². The Labute approximate surface area is 117 Å². The maximum absolute atomic E-state index is 12.7. The zero-order valence-electron chi connectivity index (χ0n) is 11.8. The Morgan fingerprint density at radius 2 is 1.80 bits per heavy atom. The van der Waals surface area contributed by atoms with Crippen LogP contribution in [-0.4, -0.2) is 39.1 Å². The first-order chi connectivity index (χ1) is 9.25. The van der Waals surface area contributed by atoms with Gasteiger partial charge in [-0.3, -0.25) is 0 Å². The van der Waals surface area contributed by atoms with Gasteiger partial charge < -0.3 is 9.80 Å². The smallest absolute Gasteiger partial charge is 0.375 e. The summed E-state index contributed by atoms with van der Waals surface area (Å²) in [6.07, 6.45) is -3.60. The predicted octanol–water partition coefficient (Wildman–Crippen LogP) is 2.96. The van der Waals surface area contributed by atoms with Gasteiger partial charge in [0.1, 0.15) is 0 Å². The third-order valence-corrected chi connectivity index (χ3v) is 2.97. The summed E-state index contributed by atoms with van der Waals surface area (Å²) in [6.45, 7) is 1.62. The highest BCUT2D eigenvalue weighted by molar-refractivity contribution is 5.54. The van der Waals surface area contributed by atoms with Crippen LogP contribution in [0.2, 0.25) is 0 Å². The summed E-state index contributed by atoms with van der Waals surface area (Å²) < 4.78 is 38.1. The van der Waals surface area contributed by atoms with Crippen molar-refractivity contribution >= 4 is 5.69 Å². The molecule has 0 aliphatic rings. The number of nitriles is 1. The van der Waals surface area contributed by atoms with Gasteiger partial charge >= 0.3 is 6.18 Å². The van der Waals surface area contributed by atoms with Crippen molar-refractivity contribution in [3.63, 3.8) is 0 Å². The normalized spacial score (nSPS) is 11.5. The third-order valence-electron chi connectivity index (χ3n) is 2.97. The molecule has 0 unspecified atom stereocenters. The molecule has 0 atom stereocenters. The van der Waals surface area contributed by atoms with Crippen LogP contribution in [0.1, 0.15) is 17.5 Å². The molecule has 0 bridgehead atoms. The largest absolute Gasteiger partial charge is 0.417 e. The molecular formula is C14H18F3N3. The van der Waals surface area contributed by atoms with Crippen molar-refractivity contribution in [3.05, 3.63) is 29.3 Å².